The first kappa shape index (κ1) is 47.2. The van der Waals surface area contributed by atoms with E-state index >= 15 is 0 Å². The van der Waals surface area contributed by atoms with Crippen molar-refractivity contribution in [3.63, 3.8) is 0 Å². The number of amides is 1. The molecule has 0 heterocycles. The fourth-order valence-electron chi connectivity index (χ4n) is 6.01. The molecule has 5 N–H and O–H groups in total. The number of carbonyl (C=O) groups is 1. The molecule has 0 saturated carbocycles. The van der Waals surface area contributed by atoms with Gasteiger partial charge in [0, 0.05) is 13.0 Å². The first-order valence-corrected chi connectivity index (χ1v) is 21.8. The highest BCUT2D eigenvalue weighted by Gasteiger charge is 2.26. The molecule has 0 aromatic rings. The van der Waals surface area contributed by atoms with Gasteiger partial charge in [-0.2, -0.15) is 0 Å². The average molecular weight is 703 g/mol. The molecule has 9 heteroatoms. The Kier molecular flexibility index (Phi) is 35.5. The lowest BCUT2D eigenvalue weighted by molar-refractivity contribution is -0.123. The SMILES string of the molecule is CCCCCCCCCCCCCCCCCCC/C=C/C(O)C(COP(=O)(O)OCCN)NC(=O)CCCCCCCCCCCC. The second-order valence-electron chi connectivity index (χ2n) is 13.9. The van der Waals surface area contributed by atoms with Crippen molar-refractivity contribution in [1.82, 2.24) is 5.32 Å². The minimum atomic E-state index is -4.33. The second kappa shape index (κ2) is 36.0. The summed E-state index contributed by atoms with van der Waals surface area (Å²) in [6, 6.07) is -0.852. The van der Waals surface area contributed by atoms with Crippen LogP contribution in [0.1, 0.15) is 200 Å². The molecule has 8 nitrogen and oxygen atoms in total. The number of nitrogens with one attached hydrogen (secondary N) is 1. The third kappa shape index (κ3) is 33.7. The molecule has 48 heavy (non-hydrogen) atoms. The lowest BCUT2D eigenvalue weighted by atomic mass is 10.0. The Morgan fingerprint density at radius 3 is 1.48 bits per heavy atom. The fraction of sp³-hybridized carbons (Fsp3) is 0.923. The lowest BCUT2D eigenvalue weighted by Crippen LogP contribution is -2.45. The Labute approximate surface area is 296 Å². The zero-order valence-electron chi connectivity index (χ0n) is 31.5. The van der Waals surface area contributed by atoms with Gasteiger partial charge < -0.3 is 21.1 Å². The van der Waals surface area contributed by atoms with Gasteiger partial charge in [0.05, 0.1) is 25.4 Å². The van der Waals surface area contributed by atoms with E-state index in [4.69, 9.17) is 14.8 Å². The maximum Gasteiger partial charge on any atom is 0.472 e. The van der Waals surface area contributed by atoms with Crippen LogP contribution in [0, 0.1) is 0 Å². The van der Waals surface area contributed by atoms with E-state index < -0.39 is 20.0 Å². The third-order valence-corrected chi connectivity index (χ3v) is 10.1. The van der Waals surface area contributed by atoms with Crippen LogP contribution < -0.4 is 11.1 Å². The Morgan fingerprint density at radius 2 is 1.06 bits per heavy atom. The summed E-state index contributed by atoms with van der Waals surface area (Å²) in [4.78, 5) is 22.6. The predicted octanol–water partition coefficient (Wildman–Crippen LogP) is 10.8. The summed E-state index contributed by atoms with van der Waals surface area (Å²) in [7, 11) is -4.33. The monoisotopic (exact) mass is 703 g/mol. The van der Waals surface area contributed by atoms with Crippen molar-refractivity contribution in [1.29, 1.82) is 0 Å². The van der Waals surface area contributed by atoms with Crippen molar-refractivity contribution < 1.29 is 28.4 Å². The molecule has 3 unspecified atom stereocenters. The summed E-state index contributed by atoms with van der Waals surface area (Å²) < 4.78 is 22.0. The van der Waals surface area contributed by atoms with Crippen molar-refractivity contribution in [3.05, 3.63) is 12.2 Å². The van der Waals surface area contributed by atoms with Crippen LogP contribution in [0.15, 0.2) is 12.2 Å². The van der Waals surface area contributed by atoms with E-state index in [9.17, 15) is 19.4 Å². The molecule has 0 spiro atoms. The summed E-state index contributed by atoms with van der Waals surface area (Å²) in [5, 5.41) is 13.6. The van der Waals surface area contributed by atoms with E-state index in [-0.39, 0.29) is 25.7 Å². The first-order valence-electron chi connectivity index (χ1n) is 20.3. The number of hydrogen-bond donors (Lipinski definition) is 4. The van der Waals surface area contributed by atoms with Crippen LogP contribution >= 0.6 is 7.82 Å². The van der Waals surface area contributed by atoms with Crippen LogP contribution in [0.25, 0.3) is 0 Å². The van der Waals surface area contributed by atoms with Gasteiger partial charge in [0.2, 0.25) is 5.91 Å². The Balaban J connectivity index is 4.19. The van der Waals surface area contributed by atoms with E-state index in [1.807, 2.05) is 6.08 Å². The quantitative estimate of drug-likeness (QED) is 0.0286. The van der Waals surface area contributed by atoms with Gasteiger partial charge in [-0.3, -0.25) is 13.8 Å². The first-order chi connectivity index (χ1) is 23.4. The molecule has 1 amide bonds. The van der Waals surface area contributed by atoms with Gasteiger partial charge in [-0.25, -0.2) is 4.57 Å². The van der Waals surface area contributed by atoms with Crippen LogP contribution in [0.2, 0.25) is 0 Å². The molecule has 0 radical (unpaired) electrons. The van der Waals surface area contributed by atoms with Gasteiger partial charge in [0.1, 0.15) is 0 Å². The minimum absolute atomic E-state index is 0.0810. The number of phosphoric ester groups is 1. The van der Waals surface area contributed by atoms with Crippen molar-refractivity contribution >= 4 is 13.7 Å². The molecule has 0 aromatic carbocycles. The van der Waals surface area contributed by atoms with Gasteiger partial charge in [-0.15, -0.1) is 0 Å². The van der Waals surface area contributed by atoms with Crippen molar-refractivity contribution in [3.8, 4) is 0 Å². The van der Waals surface area contributed by atoms with Gasteiger partial charge >= 0.3 is 7.82 Å². The molecule has 0 aliphatic carbocycles. The van der Waals surface area contributed by atoms with E-state index in [0.29, 0.717) is 6.42 Å². The maximum absolute atomic E-state index is 12.7. The normalized spacial score (nSPS) is 14.4. The highest BCUT2D eigenvalue weighted by molar-refractivity contribution is 7.47. The topological polar surface area (TPSA) is 131 Å². The number of unbranched alkanes of at least 4 members (excludes halogenated alkanes) is 26. The summed E-state index contributed by atoms with van der Waals surface area (Å²) >= 11 is 0. The molecule has 0 aliphatic heterocycles. The zero-order valence-corrected chi connectivity index (χ0v) is 32.4. The summed E-state index contributed by atoms with van der Waals surface area (Å²) in [6.07, 6.45) is 38.3. The third-order valence-electron chi connectivity index (χ3n) is 9.11. The molecule has 286 valence electrons. The molecular weight excluding hydrogens is 623 g/mol. The molecule has 3 atom stereocenters. The largest absolute Gasteiger partial charge is 0.472 e. The summed E-state index contributed by atoms with van der Waals surface area (Å²) in [5.74, 6) is -0.195. The van der Waals surface area contributed by atoms with Crippen LogP contribution in [0.5, 0.6) is 0 Å². The second-order valence-corrected chi connectivity index (χ2v) is 15.3. The number of carbonyl (C=O) groups excluding carboxylic acids is 1. The number of aliphatic hydroxyl groups excluding tert-OH is 1. The van der Waals surface area contributed by atoms with Crippen molar-refractivity contribution in [2.45, 2.75) is 212 Å². The van der Waals surface area contributed by atoms with Crippen LogP contribution in [-0.2, 0) is 18.4 Å². The van der Waals surface area contributed by atoms with Gasteiger partial charge in [0.25, 0.3) is 0 Å². The molecule has 0 fully saturated rings. The van der Waals surface area contributed by atoms with Gasteiger partial charge in [0.15, 0.2) is 0 Å². The number of phosphoric acid groups is 1. The zero-order chi connectivity index (χ0) is 35.4. The van der Waals surface area contributed by atoms with Crippen LogP contribution in [-0.4, -0.2) is 47.8 Å². The summed E-state index contributed by atoms with van der Waals surface area (Å²) in [5.41, 5.74) is 5.36. The van der Waals surface area contributed by atoms with Crippen LogP contribution in [0.4, 0.5) is 0 Å². The van der Waals surface area contributed by atoms with Crippen LogP contribution in [0.3, 0.4) is 0 Å². The molecule has 0 bridgehead atoms. The van der Waals surface area contributed by atoms with Crippen molar-refractivity contribution in [2.24, 2.45) is 5.73 Å². The van der Waals surface area contributed by atoms with E-state index in [1.165, 1.54) is 141 Å². The van der Waals surface area contributed by atoms with E-state index in [0.717, 1.165) is 38.5 Å². The fourth-order valence-corrected chi connectivity index (χ4v) is 6.77. The Bertz CT molecular complexity index is 769. The number of rotatable bonds is 38. The maximum atomic E-state index is 12.7. The predicted molar refractivity (Wildman–Crippen MR) is 203 cm³/mol. The molecule has 0 rings (SSSR count). The number of nitrogens with two attached hydrogens (primary N) is 1. The highest BCUT2D eigenvalue weighted by Crippen LogP contribution is 2.43. The lowest BCUT2D eigenvalue weighted by Gasteiger charge is -2.23. The minimum Gasteiger partial charge on any atom is -0.387 e. The smallest absolute Gasteiger partial charge is 0.387 e. The van der Waals surface area contributed by atoms with Crippen molar-refractivity contribution in [2.75, 3.05) is 19.8 Å². The van der Waals surface area contributed by atoms with Gasteiger partial charge in [-0.05, 0) is 19.3 Å². The Morgan fingerprint density at radius 1 is 0.667 bits per heavy atom. The average Bonchev–Trinajstić information content (AvgIpc) is 3.07. The molecule has 0 saturated heterocycles. The Hall–Kier alpha value is -0.760. The molecule has 0 aromatic heterocycles. The number of hydrogen-bond acceptors (Lipinski definition) is 6. The highest BCUT2D eigenvalue weighted by atomic mass is 31.2. The standard InChI is InChI=1S/C39H79N2O6P/c1-3-5-7-9-11-13-15-16-17-18-19-20-21-22-23-24-26-28-30-32-38(42)37(36-47-48(44,45)46-35-34-40)41-39(43)33-31-29-27-25-14-12-10-8-6-4-2/h30,32,37-38,42H,3-29,31,33-36,40H2,1-2H3,(H,41,43)(H,44,45)/b32-30+. The van der Waals surface area contributed by atoms with E-state index in [1.54, 1.807) is 6.08 Å². The van der Waals surface area contributed by atoms with Gasteiger partial charge in [-0.1, -0.05) is 187 Å². The molecular formula is C39H79N2O6P. The summed E-state index contributed by atoms with van der Waals surface area (Å²) in [6.45, 7) is 4.13. The molecule has 0 aliphatic rings. The number of allylic oxidation sites excluding steroid dienone is 1. The van der Waals surface area contributed by atoms with E-state index in [2.05, 4.69) is 19.2 Å². The number of aliphatic hydroxyl groups is 1.